The molecule has 7 nitrogen and oxygen atoms in total. The molecule has 0 saturated heterocycles. The molecule has 0 bridgehead atoms. The van der Waals surface area contributed by atoms with Crippen molar-refractivity contribution in [3.05, 3.63) is 48.5 Å². The van der Waals surface area contributed by atoms with Gasteiger partial charge in [-0.15, -0.1) is 24.0 Å². The van der Waals surface area contributed by atoms with Gasteiger partial charge in [0, 0.05) is 38.6 Å². The first-order valence-corrected chi connectivity index (χ1v) is 10.1. The van der Waals surface area contributed by atoms with Crippen molar-refractivity contribution < 1.29 is 12.8 Å². The van der Waals surface area contributed by atoms with Gasteiger partial charge in [-0.3, -0.25) is 9.67 Å². The molecular formula is C17H25FIN5O2S. The third-order valence-corrected chi connectivity index (χ3v) is 5.30. The number of nitrogens with one attached hydrogen (secondary N) is 2. The highest BCUT2D eigenvalue weighted by Crippen LogP contribution is 2.14. The Morgan fingerprint density at radius 1 is 1.26 bits per heavy atom. The topological polar surface area (TPSA) is 88.4 Å². The molecule has 150 valence electrons. The number of hydrogen-bond donors (Lipinski definition) is 2. The van der Waals surface area contributed by atoms with E-state index in [1.54, 1.807) is 6.20 Å². The second-order valence-corrected chi connectivity index (χ2v) is 7.64. The Morgan fingerprint density at radius 2 is 2.04 bits per heavy atom. The summed E-state index contributed by atoms with van der Waals surface area (Å²) in [6, 6.07) is 7.26. The van der Waals surface area contributed by atoms with Crippen LogP contribution in [-0.4, -0.2) is 49.5 Å². The fourth-order valence-electron chi connectivity index (χ4n) is 2.31. The summed E-state index contributed by atoms with van der Waals surface area (Å²) < 4.78 is 40.0. The van der Waals surface area contributed by atoms with Crippen molar-refractivity contribution in [1.82, 2.24) is 20.4 Å². The fraction of sp³-hybridized carbons (Fsp3) is 0.412. The molecule has 1 aromatic carbocycles. The third kappa shape index (κ3) is 7.83. The van der Waals surface area contributed by atoms with Crippen LogP contribution in [0.15, 0.2) is 52.6 Å². The molecule has 0 spiro atoms. The molecule has 2 aromatic rings. The summed E-state index contributed by atoms with van der Waals surface area (Å²) in [7, 11) is -3.69. The molecule has 0 aliphatic rings. The van der Waals surface area contributed by atoms with E-state index in [0.29, 0.717) is 19.0 Å². The standard InChI is InChI=1S/C17H24FN5O2S.HI/c1-2-19-17(20-9-5-12-23-13-6-10-22-23)21-11-14-26(24,25)16-8-4-3-7-15(16)18;/h3-4,6-8,10,13H,2,5,9,11-12,14H2,1H3,(H2,19,20,21);1H. The van der Waals surface area contributed by atoms with Gasteiger partial charge in [0.25, 0.3) is 0 Å². The smallest absolute Gasteiger partial charge is 0.191 e. The van der Waals surface area contributed by atoms with E-state index in [1.165, 1.54) is 18.2 Å². The van der Waals surface area contributed by atoms with Crippen molar-refractivity contribution in [2.45, 2.75) is 24.8 Å². The number of hydrogen-bond acceptors (Lipinski definition) is 4. The SMILES string of the molecule is CCNC(=NCCCn1cccn1)NCCS(=O)(=O)c1ccccc1F.I. The minimum absolute atomic E-state index is 0. The summed E-state index contributed by atoms with van der Waals surface area (Å²) in [5.74, 6) is -0.408. The first-order chi connectivity index (χ1) is 12.5. The molecule has 1 aromatic heterocycles. The lowest BCUT2D eigenvalue weighted by Gasteiger charge is -2.12. The number of guanidine groups is 1. The van der Waals surface area contributed by atoms with Gasteiger partial charge in [0.2, 0.25) is 0 Å². The Morgan fingerprint density at radius 3 is 2.70 bits per heavy atom. The molecule has 2 rings (SSSR count). The van der Waals surface area contributed by atoms with E-state index in [-0.39, 0.29) is 41.2 Å². The van der Waals surface area contributed by atoms with Crippen LogP contribution in [0, 0.1) is 5.82 Å². The van der Waals surface area contributed by atoms with E-state index in [1.807, 2.05) is 23.9 Å². The average molecular weight is 509 g/mol. The maximum absolute atomic E-state index is 13.7. The minimum Gasteiger partial charge on any atom is -0.357 e. The Kier molecular flexibility index (Phi) is 10.3. The Balaban J connectivity index is 0.00000364. The summed E-state index contributed by atoms with van der Waals surface area (Å²) in [5.41, 5.74) is 0. The van der Waals surface area contributed by atoms with Crippen molar-refractivity contribution in [2.24, 2.45) is 4.99 Å². The molecule has 0 saturated carbocycles. The van der Waals surface area contributed by atoms with Crippen LogP contribution in [0.5, 0.6) is 0 Å². The quantitative estimate of drug-likeness (QED) is 0.234. The molecule has 0 aliphatic heterocycles. The Hall–Kier alpha value is -1.69. The van der Waals surface area contributed by atoms with Crippen molar-refractivity contribution in [1.29, 1.82) is 0 Å². The molecular weight excluding hydrogens is 484 g/mol. The van der Waals surface area contributed by atoms with Crippen LogP contribution in [-0.2, 0) is 16.4 Å². The summed E-state index contributed by atoms with van der Waals surface area (Å²) in [6.07, 6.45) is 4.43. The largest absolute Gasteiger partial charge is 0.357 e. The molecule has 0 atom stereocenters. The molecule has 0 amide bonds. The first kappa shape index (κ1) is 23.3. The zero-order valence-corrected chi connectivity index (χ0v) is 18.3. The van der Waals surface area contributed by atoms with Crippen LogP contribution in [0.1, 0.15) is 13.3 Å². The zero-order chi connectivity index (χ0) is 18.8. The third-order valence-electron chi connectivity index (χ3n) is 3.55. The van der Waals surface area contributed by atoms with E-state index in [2.05, 4.69) is 20.7 Å². The maximum Gasteiger partial charge on any atom is 0.191 e. The summed E-state index contributed by atoms with van der Waals surface area (Å²) >= 11 is 0. The van der Waals surface area contributed by atoms with Crippen LogP contribution in [0.3, 0.4) is 0 Å². The average Bonchev–Trinajstić information content (AvgIpc) is 3.12. The van der Waals surface area contributed by atoms with Gasteiger partial charge in [0.15, 0.2) is 15.8 Å². The number of halogens is 2. The van der Waals surface area contributed by atoms with Gasteiger partial charge < -0.3 is 10.6 Å². The highest BCUT2D eigenvalue weighted by Gasteiger charge is 2.18. The molecule has 0 aliphatic carbocycles. The molecule has 10 heteroatoms. The van der Waals surface area contributed by atoms with E-state index in [9.17, 15) is 12.8 Å². The second kappa shape index (κ2) is 11.9. The summed E-state index contributed by atoms with van der Waals surface area (Å²) in [6.45, 7) is 4.07. The lowest BCUT2D eigenvalue weighted by Crippen LogP contribution is -2.39. The van der Waals surface area contributed by atoms with Crippen LogP contribution in [0.25, 0.3) is 0 Å². The Labute approximate surface area is 176 Å². The van der Waals surface area contributed by atoms with Crippen LogP contribution in [0.4, 0.5) is 4.39 Å². The number of benzene rings is 1. The highest BCUT2D eigenvalue weighted by atomic mass is 127. The van der Waals surface area contributed by atoms with E-state index in [4.69, 9.17) is 0 Å². The monoisotopic (exact) mass is 509 g/mol. The van der Waals surface area contributed by atoms with E-state index in [0.717, 1.165) is 19.0 Å². The van der Waals surface area contributed by atoms with Gasteiger partial charge in [-0.25, -0.2) is 12.8 Å². The minimum atomic E-state index is -3.69. The van der Waals surface area contributed by atoms with Crippen LogP contribution in [0.2, 0.25) is 0 Å². The first-order valence-electron chi connectivity index (χ1n) is 8.50. The predicted octanol–water partition coefficient (Wildman–Crippen LogP) is 2.06. The van der Waals surface area contributed by atoms with Gasteiger partial charge in [0.05, 0.1) is 5.75 Å². The predicted molar refractivity (Wildman–Crippen MR) is 115 cm³/mol. The lowest BCUT2D eigenvalue weighted by molar-refractivity contribution is 0.566. The number of sulfone groups is 1. The van der Waals surface area contributed by atoms with Crippen LogP contribution < -0.4 is 10.6 Å². The zero-order valence-electron chi connectivity index (χ0n) is 15.1. The summed E-state index contributed by atoms with van der Waals surface area (Å²) in [5, 5.41) is 10.2. The maximum atomic E-state index is 13.7. The van der Waals surface area contributed by atoms with Crippen molar-refractivity contribution in [2.75, 3.05) is 25.4 Å². The van der Waals surface area contributed by atoms with Crippen molar-refractivity contribution in [3.63, 3.8) is 0 Å². The molecule has 0 radical (unpaired) electrons. The van der Waals surface area contributed by atoms with Crippen molar-refractivity contribution >= 4 is 39.8 Å². The van der Waals surface area contributed by atoms with Gasteiger partial charge in [-0.1, -0.05) is 12.1 Å². The van der Waals surface area contributed by atoms with E-state index >= 15 is 0 Å². The van der Waals surface area contributed by atoms with Crippen molar-refractivity contribution in [3.8, 4) is 0 Å². The molecule has 0 unspecified atom stereocenters. The number of aromatic nitrogens is 2. The summed E-state index contributed by atoms with van der Waals surface area (Å²) in [4.78, 5) is 4.13. The molecule has 0 fully saturated rings. The van der Waals surface area contributed by atoms with Gasteiger partial charge in [-0.05, 0) is 31.5 Å². The van der Waals surface area contributed by atoms with Gasteiger partial charge >= 0.3 is 0 Å². The van der Waals surface area contributed by atoms with Gasteiger partial charge in [-0.2, -0.15) is 5.10 Å². The molecule has 1 heterocycles. The fourth-order valence-corrected chi connectivity index (χ4v) is 3.55. The normalized spacial score (nSPS) is 11.7. The Bertz CT molecular complexity index is 812. The van der Waals surface area contributed by atoms with Gasteiger partial charge in [0.1, 0.15) is 10.7 Å². The number of aryl methyl sites for hydroxylation is 1. The highest BCUT2D eigenvalue weighted by molar-refractivity contribution is 14.0. The number of rotatable bonds is 9. The lowest BCUT2D eigenvalue weighted by atomic mass is 10.3. The molecule has 2 N–H and O–H groups in total. The number of nitrogens with zero attached hydrogens (tertiary/aromatic N) is 3. The number of aliphatic imine (C=N–C) groups is 1. The second-order valence-electron chi connectivity index (χ2n) is 5.56. The molecule has 27 heavy (non-hydrogen) atoms. The van der Waals surface area contributed by atoms with Crippen LogP contribution >= 0.6 is 24.0 Å². The van der Waals surface area contributed by atoms with E-state index < -0.39 is 15.7 Å².